The quantitative estimate of drug-likeness (QED) is 0.478. The van der Waals surface area contributed by atoms with E-state index in [1.165, 1.54) is 51.4 Å². The maximum absolute atomic E-state index is 9.70. The highest BCUT2D eigenvalue weighted by atomic mass is 16.3. The van der Waals surface area contributed by atoms with Gasteiger partial charge in [-0.25, -0.2) is 0 Å². The number of hydrogen-bond acceptors (Lipinski definition) is 3. The number of likely N-dealkylation sites (N-methyl/N-ethyl adjacent to an activating group) is 1. The molecular formula is C16H35NO2. The van der Waals surface area contributed by atoms with Gasteiger partial charge in [0.05, 0.1) is 6.10 Å². The molecule has 2 N–H and O–H groups in total. The van der Waals surface area contributed by atoms with Crippen molar-refractivity contribution < 1.29 is 10.2 Å². The zero-order valence-corrected chi connectivity index (χ0v) is 13.1. The second kappa shape index (κ2) is 14.3. The van der Waals surface area contributed by atoms with E-state index in [9.17, 15) is 5.11 Å². The number of unbranched alkanes of at least 4 members (excludes halogenated alkanes) is 9. The third-order valence-electron chi connectivity index (χ3n) is 3.52. The van der Waals surface area contributed by atoms with Crippen LogP contribution in [0.25, 0.3) is 0 Å². The van der Waals surface area contributed by atoms with E-state index in [1.54, 1.807) is 0 Å². The fraction of sp³-hybridized carbons (Fsp3) is 1.00. The number of nitrogens with zero attached hydrogens (tertiary/aromatic N) is 1. The molecule has 0 aromatic rings. The Morgan fingerprint density at radius 3 is 1.58 bits per heavy atom. The molecule has 116 valence electrons. The SMILES string of the molecule is CN(C)CC(O)CCCCCCCCCCCCO. The van der Waals surface area contributed by atoms with Crippen molar-refractivity contribution in [1.82, 2.24) is 4.90 Å². The van der Waals surface area contributed by atoms with Crippen molar-refractivity contribution in [3.63, 3.8) is 0 Å². The van der Waals surface area contributed by atoms with E-state index in [-0.39, 0.29) is 6.10 Å². The number of aliphatic hydroxyl groups excluding tert-OH is 2. The molecule has 0 aromatic heterocycles. The van der Waals surface area contributed by atoms with Gasteiger partial charge in [0.1, 0.15) is 0 Å². The van der Waals surface area contributed by atoms with Gasteiger partial charge in [0.2, 0.25) is 0 Å². The van der Waals surface area contributed by atoms with Crippen LogP contribution in [0.1, 0.15) is 70.6 Å². The smallest absolute Gasteiger partial charge is 0.0666 e. The molecule has 0 fully saturated rings. The van der Waals surface area contributed by atoms with Crippen molar-refractivity contribution in [3.8, 4) is 0 Å². The lowest BCUT2D eigenvalue weighted by Gasteiger charge is -2.15. The second-order valence-electron chi connectivity index (χ2n) is 5.96. The third kappa shape index (κ3) is 15.8. The van der Waals surface area contributed by atoms with Gasteiger partial charge in [-0.3, -0.25) is 0 Å². The molecule has 1 atom stereocenters. The summed E-state index contributed by atoms with van der Waals surface area (Å²) < 4.78 is 0. The molecule has 0 saturated heterocycles. The van der Waals surface area contributed by atoms with Gasteiger partial charge in [-0.1, -0.05) is 57.8 Å². The summed E-state index contributed by atoms with van der Waals surface area (Å²) in [6.07, 6.45) is 13.3. The number of hydrogen-bond donors (Lipinski definition) is 2. The zero-order valence-electron chi connectivity index (χ0n) is 13.1. The van der Waals surface area contributed by atoms with Gasteiger partial charge < -0.3 is 15.1 Å². The molecule has 1 unspecified atom stereocenters. The summed E-state index contributed by atoms with van der Waals surface area (Å²) in [5.74, 6) is 0. The molecule has 0 aliphatic heterocycles. The highest BCUT2D eigenvalue weighted by molar-refractivity contribution is 4.59. The van der Waals surface area contributed by atoms with Crippen LogP contribution >= 0.6 is 0 Å². The van der Waals surface area contributed by atoms with Gasteiger partial charge in [-0.2, -0.15) is 0 Å². The van der Waals surface area contributed by atoms with E-state index in [1.807, 2.05) is 19.0 Å². The van der Waals surface area contributed by atoms with Crippen molar-refractivity contribution in [2.75, 3.05) is 27.2 Å². The minimum absolute atomic E-state index is 0.151. The van der Waals surface area contributed by atoms with Gasteiger partial charge in [-0.05, 0) is 26.9 Å². The molecule has 0 aliphatic rings. The average molecular weight is 273 g/mol. The van der Waals surface area contributed by atoms with Gasteiger partial charge >= 0.3 is 0 Å². The predicted octanol–water partition coefficient (Wildman–Crippen LogP) is 3.19. The molecule has 0 rings (SSSR count). The van der Waals surface area contributed by atoms with Crippen LogP contribution < -0.4 is 0 Å². The van der Waals surface area contributed by atoms with Crippen LogP contribution in [0.4, 0.5) is 0 Å². The van der Waals surface area contributed by atoms with Crippen LogP contribution in [0.3, 0.4) is 0 Å². The molecule has 0 bridgehead atoms. The molecule has 0 aromatic carbocycles. The minimum Gasteiger partial charge on any atom is -0.396 e. The van der Waals surface area contributed by atoms with Gasteiger partial charge in [0.15, 0.2) is 0 Å². The Morgan fingerprint density at radius 2 is 1.16 bits per heavy atom. The lowest BCUT2D eigenvalue weighted by molar-refractivity contribution is 0.125. The molecule has 19 heavy (non-hydrogen) atoms. The summed E-state index contributed by atoms with van der Waals surface area (Å²) in [6.45, 7) is 1.13. The van der Waals surface area contributed by atoms with Crippen LogP contribution in [0.15, 0.2) is 0 Å². The van der Waals surface area contributed by atoms with Crippen LogP contribution in [-0.4, -0.2) is 48.5 Å². The Morgan fingerprint density at radius 1 is 0.737 bits per heavy atom. The fourth-order valence-electron chi connectivity index (χ4n) is 2.42. The van der Waals surface area contributed by atoms with Crippen molar-refractivity contribution in [2.45, 2.75) is 76.7 Å². The summed E-state index contributed by atoms with van der Waals surface area (Å²) in [6, 6.07) is 0. The van der Waals surface area contributed by atoms with E-state index in [4.69, 9.17) is 5.11 Å². The van der Waals surface area contributed by atoms with Crippen LogP contribution in [0.5, 0.6) is 0 Å². The Balaban J connectivity index is 3.06. The van der Waals surface area contributed by atoms with Gasteiger partial charge in [0, 0.05) is 13.2 Å². The highest BCUT2D eigenvalue weighted by Gasteiger charge is 2.04. The van der Waals surface area contributed by atoms with Gasteiger partial charge in [-0.15, -0.1) is 0 Å². The van der Waals surface area contributed by atoms with Crippen molar-refractivity contribution in [2.24, 2.45) is 0 Å². The largest absolute Gasteiger partial charge is 0.396 e. The molecule has 0 radical (unpaired) electrons. The summed E-state index contributed by atoms with van der Waals surface area (Å²) >= 11 is 0. The average Bonchev–Trinajstić information content (AvgIpc) is 2.35. The normalized spacial score (nSPS) is 13.1. The van der Waals surface area contributed by atoms with Crippen molar-refractivity contribution in [1.29, 1.82) is 0 Å². The lowest BCUT2D eigenvalue weighted by atomic mass is 10.0. The minimum atomic E-state index is -0.151. The van der Waals surface area contributed by atoms with Crippen LogP contribution in [0.2, 0.25) is 0 Å². The first-order valence-corrected chi connectivity index (χ1v) is 8.10. The molecule has 0 aliphatic carbocycles. The standard InChI is InChI=1S/C16H35NO2/c1-17(2)15-16(19)13-11-9-7-5-3-4-6-8-10-12-14-18/h16,18-19H,3-15H2,1-2H3. The van der Waals surface area contributed by atoms with E-state index >= 15 is 0 Å². The molecule has 0 heterocycles. The van der Waals surface area contributed by atoms with E-state index < -0.39 is 0 Å². The molecule has 0 saturated carbocycles. The van der Waals surface area contributed by atoms with Crippen LogP contribution in [0, 0.1) is 0 Å². The Kier molecular flexibility index (Phi) is 14.2. The molecule has 0 spiro atoms. The van der Waals surface area contributed by atoms with E-state index in [0.717, 1.165) is 25.8 Å². The predicted molar refractivity (Wildman–Crippen MR) is 82.4 cm³/mol. The highest BCUT2D eigenvalue weighted by Crippen LogP contribution is 2.12. The lowest BCUT2D eigenvalue weighted by Crippen LogP contribution is -2.25. The molecule has 0 amide bonds. The second-order valence-corrected chi connectivity index (χ2v) is 5.96. The van der Waals surface area contributed by atoms with Crippen LogP contribution in [-0.2, 0) is 0 Å². The number of aliphatic hydroxyl groups is 2. The van der Waals surface area contributed by atoms with E-state index in [0.29, 0.717) is 6.61 Å². The Hall–Kier alpha value is -0.120. The van der Waals surface area contributed by atoms with E-state index in [2.05, 4.69) is 0 Å². The third-order valence-corrected chi connectivity index (χ3v) is 3.52. The molecule has 3 heteroatoms. The van der Waals surface area contributed by atoms with Crippen molar-refractivity contribution in [3.05, 3.63) is 0 Å². The Labute approximate surface area is 120 Å². The fourth-order valence-corrected chi connectivity index (χ4v) is 2.42. The summed E-state index contributed by atoms with van der Waals surface area (Å²) in [4.78, 5) is 2.04. The molecule has 3 nitrogen and oxygen atoms in total. The zero-order chi connectivity index (χ0) is 14.3. The maximum atomic E-state index is 9.70. The molecular weight excluding hydrogens is 238 g/mol. The maximum Gasteiger partial charge on any atom is 0.0666 e. The first kappa shape index (κ1) is 18.9. The summed E-state index contributed by atoms with van der Waals surface area (Å²) in [5, 5.41) is 18.4. The first-order chi connectivity index (χ1) is 9.16. The first-order valence-electron chi connectivity index (χ1n) is 8.10. The van der Waals surface area contributed by atoms with Gasteiger partial charge in [0.25, 0.3) is 0 Å². The van der Waals surface area contributed by atoms with Crippen molar-refractivity contribution >= 4 is 0 Å². The Bertz CT molecular complexity index is 174. The monoisotopic (exact) mass is 273 g/mol. The summed E-state index contributed by atoms with van der Waals surface area (Å²) in [5.41, 5.74) is 0. The topological polar surface area (TPSA) is 43.7 Å². The number of rotatable bonds is 14. The summed E-state index contributed by atoms with van der Waals surface area (Å²) in [7, 11) is 4.01.